The number of halogens is 1. The van der Waals surface area contributed by atoms with E-state index in [-0.39, 0.29) is 5.69 Å². The zero-order chi connectivity index (χ0) is 14.6. The molecule has 1 aromatic rings. The summed E-state index contributed by atoms with van der Waals surface area (Å²) in [6.45, 7) is 6.68. The molecule has 1 atom stereocenters. The van der Waals surface area contributed by atoms with E-state index in [2.05, 4.69) is 10.3 Å². The van der Waals surface area contributed by atoms with E-state index in [1.54, 1.807) is 20.8 Å². The van der Waals surface area contributed by atoms with Gasteiger partial charge in [0.25, 0.3) is 5.91 Å². The second-order valence-electron chi connectivity index (χ2n) is 5.07. The Hall–Kier alpha value is -1.98. The fraction of sp³-hybridized carbons (Fsp3) is 0.462. The highest BCUT2D eigenvalue weighted by Gasteiger charge is 2.23. The first kappa shape index (κ1) is 15.1. The summed E-state index contributed by atoms with van der Waals surface area (Å²) in [5, 5.41) is 2.40. The Kier molecular flexibility index (Phi) is 4.58. The van der Waals surface area contributed by atoms with Gasteiger partial charge in [-0.15, -0.1) is 0 Å². The molecule has 0 aliphatic heterocycles. The monoisotopic (exact) mass is 268 g/mol. The third-order valence-corrected chi connectivity index (χ3v) is 2.06. The smallest absolute Gasteiger partial charge is 0.328 e. The number of carbonyl (C=O) groups excluding carboxylic acids is 2. The van der Waals surface area contributed by atoms with Crippen LogP contribution in [0.15, 0.2) is 18.2 Å². The molecular weight excluding hydrogens is 251 g/mol. The molecule has 1 heterocycles. The van der Waals surface area contributed by atoms with Gasteiger partial charge in [-0.25, -0.2) is 9.78 Å². The third kappa shape index (κ3) is 5.03. The summed E-state index contributed by atoms with van der Waals surface area (Å²) in [6, 6.07) is 3.03. The van der Waals surface area contributed by atoms with E-state index >= 15 is 0 Å². The van der Waals surface area contributed by atoms with Crippen molar-refractivity contribution in [3.8, 4) is 0 Å². The largest absolute Gasteiger partial charge is 0.458 e. The van der Waals surface area contributed by atoms with Crippen LogP contribution < -0.4 is 5.32 Å². The van der Waals surface area contributed by atoms with E-state index in [1.807, 2.05) is 0 Å². The van der Waals surface area contributed by atoms with E-state index < -0.39 is 29.5 Å². The molecule has 1 N–H and O–H groups in total. The topological polar surface area (TPSA) is 68.3 Å². The van der Waals surface area contributed by atoms with Gasteiger partial charge in [-0.3, -0.25) is 4.79 Å². The Morgan fingerprint density at radius 3 is 2.53 bits per heavy atom. The number of hydrogen-bond acceptors (Lipinski definition) is 4. The van der Waals surface area contributed by atoms with Crippen LogP contribution in [0.5, 0.6) is 0 Å². The molecule has 19 heavy (non-hydrogen) atoms. The Balaban J connectivity index is 2.64. The lowest BCUT2D eigenvalue weighted by Crippen LogP contribution is -2.42. The lowest BCUT2D eigenvalue weighted by atomic mass is 10.2. The Morgan fingerprint density at radius 1 is 1.37 bits per heavy atom. The maximum Gasteiger partial charge on any atom is 0.328 e. The van der Waals surface area contributed by atoms with Crippen molar-refractivity contribution in [1.29, 1.82) is 0 Å². The molecule has 104 valence electrons. The highest BCUT2D eigenvalue weighted by atomic mass is 19.1. The van der Waals surface area contributed by atoms with Crippen molar-refractivity contribution in [3.05, 3.63) is 29.8 Å². The van der Waals surface area contributed by atoms with E-state index in [4.69, 9.17) is 4.74 Å². The zero-order valence-electron chi connectivity index (χ0n) is 11.4. The lowest BCUT2D eigenvalue weighted by Gasteiger charge is -2.22. The van der Waals surface area contributed by atoms with Crippen molar-refractivity contribution in [1.82, 2.24) is 10.3 Å². The number of aromatic nitrogens is 1. The summed E-state index contributed by atoms with van der Waals surface area (Å²) in [6.07, 6.45) is 0. The van der Waals surface area contributed by atoms with Crippen molar-refractivity contribution in [2.45, 2.75) is 39.3 Å². The zero-order valence-corrected chi connectivity index (χ0v) is 11.4. The number of esters is 1. The molecule has 0 saturated carbocycles. The van der Waals surface area contributed by atoms with Gasteiger partial charge in [-0.2, -0.15) is 4.39 Å². The number of pyridine rings is 1. The molecule has 0 radical (unpaired) electrons. The minimum Gasteiger partial charge on any atom is -0.458 e. The Labute approximate surface area is 111 Å². The van der Waals surface area contributed by atoms with Crippen LogP contribution in [0.3, 0.4) is 0 Å². The van der Waals surface area contributed by atoms with Gasteiger partial charge in [-0.05, 0) is 39.8 Å². The van der Waals surface area contributed by atoms with Gasteiger partial charge < -0.3 is 10.1 Å². The number of carbonyl (C=O) groups is 2. The maximum absolute atomic E-state index is 12.9. The van der Waals surface area contributed by atoms with Crippen molar-refractivity contribution < 1.29 is 18.7 Å². The molecule has 1 amide bonds. The number of nitrogens with one attached hydrogen (secondary N) is 1. The number of nitrogens with zero attached hydrogens (tertiary/aromatic N) is 1. The summed E-state index contributed by atoms with van der Waals surface area (Å²) in [5.74, 6) is -1.94. The fourth-order valence-electron chi connectivity index (χ4n) is 1.25. The van der Waals surface area contributed by atoms with Crippen molar-refractivity contribution in [3.63, 3.8) is 0 Å². The highest BCUT2D eigenvalue weighted by molar-refractivity contribution is 5.95. The normalized spacial score (nSPS) is 12.7. The number of amides is 1. The van der Waals surface area contributed by atoms with Crippen LogP contribution in [0.2, 0.25) is 0 Å². The Morgan fingerprint density at radius 2 is 2.00 bits per heavy atom. The van der Waals surface area contributed by atoms with E-state index in [9.17, 15) is 14.0 Å². The minimum atomic E-state index is -0.836. The average molecular weight is 268 g/mol. The van der Waals surface area contributed by atoms with E-state index in [1.165, 1.54) is 19.1 Å². The molecule has 6 heteroatoms. The van der Waals surface area contributed by atoms with Gasteiger partial charge in [-0.1, -0.05) is 6.07 Å². The molecule has 0 aliphatic carbocycles. The van der Waals surface area contributed by atoms with Crippen LogP contribution in [-0.2, 0) is 9.53 Å². The quantitative estimate of drug-likeness (QED) is 0.669. The van der Waals surface area contributed by atoms with Gasteiger partial charge in [0.2, 0.25) is 5.95 Å². The second-order valence-corrected chi connectivity index (χ2v) is 5.07. The van der Waals surface area contributed by atoms with Crippen molar-refractivity contribution in [2.24, 2.45) is 0 Å². The number of hydrogen-bond donors (Lipinski definition) is 1. The first-order valence-corrected chi connectivity index (χ1v) is 5.85. The summed E-state index contributed by atoms with van der Waals surface area (Å²) >= 11 is 0. The predicted octanol–water partition coefficient (Wildman–Crippen LogP) is 1.68. The first-order valence-electron chi connectivity index (χ1n) is 5.85. The fourth-order valence-corrected chi connectivity index (χ4v) is 1.25. The number of rotatable bonds is 3. The predicted molar refractivity (Wildman–Crippen MR) is 67.0 cm³/mol. The van der Waals surface area contributed by atoms with Gasteiger partial charge in [0.05, 0.1) is 0 Å². The first-order chi connectivity index (χ1) is 8.69. The summed E-state index contributed by atoms with van der Waals surface area (Å²) in [5.41, 5.74) is -0.719. The lowest BCUT2D eigenvalue weighted by molar-refractivity contribution is -0.156. The van der Waals surface area contributed by atoms with Crippen molar-refractivity contribution >= 4 is 11.9 Å². The summed E-state index contributed by atoms with van der Waals surface area (Å²) in [4.78, 5) is 26.8. The average Bonchev–Trinajstić information content (AvgIpc) is 2.26. The summed E-state index contributed by atoms with van der Waals surface area (Å²) < 4.78 is 18.0. The third-order valence-electron chi connectivity index (χ3n) is 2.06. The van der Waals surface area contributed by atoms with Crippen LogP contribution >= 0.6 is 0 Å². The molecule has 0 unspecified atom stereocenters. The van der Waals surface area contributed by atoms with Crippen LogP contribution in [0.25, 0.3) is 0 Å². The van der Waals surface area contributed by atoms with E-state index in [0.29, 0.717) is 0 Å². The SMILES string of the molecule is C[C@H](NC(=O)c1cccc(F)n1)C(=O)OC(C)(C)C. The molecule has 5 nitrogen and oxygen atoms in total. The highest BCUT2D eigenvalue weighted by Crippen LogP contribution is 2.08. The summed E-state index contributed by atoms with van der Waals surface area (Å²) in [7, 11) is 0. The van der Waals surface area contributed by atoms with Crippen LogP contribution in [-0.4, -0.2) is 28.5 Å². The van der Waals surface area contributed by atoms with Crippen LogP contribution in [0.4, 0.5) is 4.39 Å². The Bertz CT molecular complexity index is 483. The van der Waals surface area contributed by atoms with Crippen LogP contribution in [0.1, 0.15) is 38.2 Å². The van der Waals surface area contributed by atoms with Gasteiger partial charge in [0.15, 0.2) is 0 Å². The molecule has 0 aromatic carbocycles. The molecule has 1 aromatic heterocycles. The molecule has 0 spiro atoms. The molecule has 0 bridgehead atoms. The molecule has 0 saturated heterocycles. The molecular formula is C13H17FN2O3. The van der Waals surface area contributed by atoms with Gasteiger partial charge in [0, 0.05) is 0 Å². The van der Waals surface area contributed by atoms with Gasteiger partial charge in [0.1, 0.15) is 17.3 Å². The van der Waals surface area contributed by atoms with E-state index in [0.717, 1.165) is 6.07 Å². The number of ether oxygens (including phenoxy) is 1. The molecule has 0 aliphatic rings. The molecule has 0 fully saturated rings. The minimum absolute atomic E-state index is 0.0876. The van der Waals surface area contributed by atoms with Gasteiger partial charge >= 0.3 is 5.97 Å². The molecule has 1 rings (SSSR count). The maximum atomic E-state index is 12.9. The second kappa shape index (κ2) is 5.77. The standard InChI is InChI=1S/C13H17FN2O3/c1-8(12(18)19-13(2,3)4)15-11(17)9-6-5-7-10(14)16-9/h5-8H,1-4H3,(H,15,17)/t8-/m0/s1. The van der Waals surface area contributed by atoms with Crippen LogP contribution in [0, 0.1) is 5.95 Å². The van der Waals surface area contributed by atoms with Crippen molar-refractivity contribution in [2.75, 3.05) is 0 Å².